The van der Waals surface area contributed by atoms with Crippen LogP contribution in [0.4, 0.5) is 0 Å². The summed E-state index contributed by atoms with van der Waals surface area (Å²) in [7, 11) is 0. The van der Waals surface area contributed by atoms with Crippen LogP contribution in [0.15, 0.2) is 0 Å². The third-order valence-electron chi connectivity index (χ3n) is 7.01. The predicted molar refractivity (Wildman–Crippen MR) is 162 cm³/mol. The van der Waals surface area contributed by atoms with Crippen LogP contribution in [0.5, 0.6) is 0 Å². The minimum absolute atomic E-state index is 0.129. The van der Waals surface area contributed by atoms with Crippen molar-refractivity contribution in [2.75, 3.05) is 6.54 Å². The summed E-state index contributed by atoms with van der Waals surface area (Å²) in [6, 6.07) is -4.16. The Kier molecular flexibility index (Phi) is 22.6. The molecule has 4 amide bonds. The fraction of sp³-hybridized carbons (Fsp3) is 0.767. The maximum absolute atomic E-state index is 12.4. The number of amides is 4. The predicted octanol–water partition coefficient (Wildman–Crippen LogP) is 2.48. The van der Waals surface area contributed by atoms with Crippen LogP contribution >= 0.6 is 0 Å². The van der Waals surface area contributed by atoms with Crippen molar-refractivity contribution in [3.63, 3.8) is 0 Å². The van der Waals surface area contributed by atoms with Gasteiger partial charge in [0.1, 0.15) is 18.1 Å². The molecule has 44 heavy (non-hydrogen) atoms. The third-order valence-corrected chi connectivity index (χ3v) is 7.01. The number of carboxylic acid groups (broad SMARTS) is 3. The molecular weight excluding hydrogens is 576 g/mol. The molecule has 3 atom stereocenters. The summed E-state index contributed by atoms with van der Waals surface area (Å²) < 4.78 is 0. The Morgan fingerprint density at radius 3 is 1.11 bits per heavy atom. The zero-order chi connectivity index (χ0) is 33.3. The molecule has 0 fully saturated rings. The maximum atomic E-state index is 12.4. The van der Waals surface area contributed by atoms with E-state index in [1.165, 1.54) is 38.5 Å². The van der Waals surface area contributed by atoms with Gasteiger partial charge in [0.15, 0.2) is 0 Å². The fourth-order valence-corrected chi connectivity index (χ4v) is 4.46. The molecule has 0 aromatic heterocycles. The van der Waals surface area contributed by atoms with E-state index in [9.17, 15) is 48.9 Å². The third kappa shape index (κ3) is 21.1. The topological polar surface area (TPSA) is 228 Å². The van der Waals surface area contributed by atoms with Gasteiger partial charge in [0.2, 0.25) is 23.6 Å². The highest BCUT2D eigenvalue weighted by Crippen LogP contribution is 2.11. The first-order valence-corrected chi connectivity index (χ1v) is 15.7. The number of carbonyl (C=O) groups is 7. The minimum Gasteiger partial charge on any atom is -0.480 e. The summed E-state index contributed by atoms with van der Waals surface area (Å²) >= 11 is 0. The van der Waals surface area contributed by atoms with E-state index >= 15 is 0 Å². The average molecular weight is 629 g/mol. The molecule has 0 aromatic carbocycles. The molecule has 7 N–H and O–H groups in total. The van der Waals surface area contributed by atoms with Crippen molar-refractivity contribution < 1.29 is 48.9 Å². The zero-order valence-corrected chi connectivity index (χ0v) is 26.2. The van der Waals surface area contributed by atoms with Crippen LogP contribution in [-0.4, -0.2) is 81.5 Å². The van der Waals surface area contributed by atoms with E-state index in [4.69, 9.17) is 0 Å². The van der Waals surface area contributed by atoms with Crippen molar-refractivity contribution in [2.24, 2.45) is 0 Å². The number of carbonyl (C=O) groups excluding carboxylic acids is 4. The SMILES string of the molecule is CCCCCCCCCCCCC(=O)N[C@@H](CCC(=O)N[C@@H](CCC(=O)N[C@@H](CCC(=O)NCC)C(=O)O)C(=O)O)C(=O)O. The molecule has 0 saturated carbocycles. The van der Waals surface area contributed by atoms with Crippen molar-refractivity contribution in [1.82, 2.24) is 21.3 Å². The second kappa shape index (κ2) is 24.7. The second-order valence-corrected chi connectivity index (χ2v) is 10.9. The van der Waals surface area contributed by atoms with E-state index in [1.807, 2.05) is 0 Å². The maximum Gasteiger partial charge on any atom is 0.326 e. The number of aliphatic carboxylic acids is 3. The number of nitrogens with one attached hydrogen (secondary N) is 4. The highest BCUT2D eigenvalue weighted by atomic mass is 16.4. The first kappa shape index (κ1) is 40.3. The zero-order valence-electron chi connectivity index (χ0n) is 26.2. The van der Waals surface area contributed by atoms with E-state index in [0.717, 1.165) is 19.3 Å². The fourth-order valence-electron chi connectivity index (χ4n) is 4.46. The molecule has 0 spiro atoms. The molecule has 0 bridgehead atoms. The molecule has 0 saturated heterocycles. The summed E-state index contributed by atoms with van der Waals surface area (Å²) in [6.45, 7) is 4.26. The molecule has 252 valence electrons. The number of hydrogen-bond acceptors (Lipinski definition) is 7. The lowest BCUT2D eigenvalue weighted by atomic mass is 10.1. The van der Waals surface area contributed by atoms with Gasteiger partial charge in [-0.3, -0.25) is 19.2 Å². The van der Waals surface area contributed by atoms with E-state index in [0.29, 0.717) is 13.0 Å². The standard InChI is InChI=1S/C30H52N4O10/c1-3-5-6-7-8-9-10-11-12-13-14-25(36)32-22(29(41)42)16-19-27(38)34-23(30(43)44)17-20-26(37)33-21(28(39)40)15-18-24(35)31-4-2/h21-23H,3-20H2,1-2H3,(H,31,35)(H,32,36)(H,33,37)(H,34,38)(H,39,40)(H,41,42)(H,43,44)/t21-,22-,23-/m0/s1. The summed E-state index contributed by atoms with van der Waals surface area (Å²) in [5, 5.41) is 37.6. The van der Waals surface area contributed by atoms with Gasteiger partial charge < -0.3 is 36.6 Å². The molecule has 0 aliphatic heterocycles. The van der Waals surface area contributed by atoms with Crippen LogP contribution in [0.2, 0.25) is 0 Å². The van der Waals surface area contributed by atoms with Crippen molar-refractivity contribution in [3.05, 3.63) is 0 Å². The van der Waals surface area contributed by atoms with Crippen LogP contribution in [0, 0.1) is 0 Å². The van der Waals surface area contributed by atoms with Crippen molar-refractivity contribution in [1.29, 1.82) is 0 Å². The number of hydrogen-bond donors (Lipinski definition) is 7. The molecule has 0 unspecified atom stereocenters. The summed E-state index contributed by atoms with van der Waals surface area (Å²) in [5.74, 6) is -6.46. The summed E-state index contributed by atoms with van der Waals surface area (Å²) in [5.41, 5.74) is 0. The molecule has 0 heterocycles. The lowest BCUT2D eigenvalue weighted by Gasteiger charge is -2.18. The monoisotopic (exact) mass is 628 g/mol. The first-order chi connectivity index (χ1) is 20.9. The van der Waals surface area contributed by atoms with Gasteiger partial charge in [-0.25, -0.2) is 14.4 Å². The average Bonchev–Trinajstić information content (AvgIpc) is 2.96. The van der Waals surface area contributed by atoms with Gasteiger partial charge in [-0.2, -0.15) is 0 Å². The number of unbranched alkanes of at least 4 members (excludes halogenated alkanes) is 9. The largest absolute Gasteiger partial charge is 0.480 e. The molecule has 0 aliphatic carbocycles. The second-order valence-electron chi connectivity index (χ2n) is 10.9. The van der Waals surface area contributed by atoms with Crippen molar-refractivity contribution >= 4 is 41.5 Å². The van der Waals surface area contributed by atoms with E-state index in [-0.39, 0.29) is 44.4 Å². The van der Waals surface area contributed by atoms with Gasteiger partial charge in [-0.1, -0.05) is 64.7 Å². The smallest absolute Gasteiger partial charge is 0.326 e. The Morgan fingerprint density at radius 2 is 0.773 bits per heavy atom. The Labute approximate surface area is 259 Å². The highest BCUT2D eigenvalue weighted by Gasteiger charge is 2.26. The highest BCUT2D eigenvalue weighted by molar-refractivity contribution is 5.87. The molecule has 14 nitrogen and oxygen atoms in total. The van der Waals surface area contributed by atoms with Crippen LogP contribution in [0.3, 0.4) is 0 Å². The van der Waals surface area contributed by atoms with Crippen molar-refractivity contribution in [2.45, 2.75) is 141 Å². The van der Waals surface area contributed by atoms with Crippen molar-refractivity contribution in [3.8, 4) is 0 Å². The van der Waals surface area contributed by atoms with Crippen LogP contribution in [-0.2, 0) is 33.6 Å². The van der Waals surface area contributed by atoms with E-state index in [1.54, 1.807) is 6.92 Å². The van der Waals surface area contributed by atoms with E-state index < -0.39 is 60.2 Å². The Morgan fingerprint density at radius 1 is 0.455 bits per heavy atom. The van der Waals surface area contributed by atoms with Gasteiger partial charge in [0.25, 0.3) is 0 Å². The van der Waals surface area contributed by atoms with Crippen LogP contribution < -0.4 is 21.3 Å². The van der Waals surface area contributed by atoms with Gasteiger partial charge in [-0.05, 0) is 32.6 Å². The molecule has 0 radical (unpaired) electrons. The number of carboxylic acids is 3. The molecule has 0 aromatic rings. The molecular formula is C30H52N4O10. The first-order valence-electron chi connectivity index (χ1n) is 15.7. The Hall–Kier alpha value is -3.71. The van der Waals surface area contributed by atoms with Crippen LogP contribution in [0.1, 0.15) is 123 Å². The molecule has 14 heteroatoms. The van der Waals surface area contributed by atoms with Gasteiger partial charge in [0, 0.05) is 32.2 Å². The quantitative estimate of drug-likeness (QED) is 0.0657. The minimum atomic E-state index is -1.49. The Bertz CT molecular complexity index is 928. The summed E-state index contributed by atoms with van der Waals surface area (Å²) in [6.07, 6.45) is 9.44. The van der Waals surface area contributed by atoms with Gasteiger partial charge in [-0.15, -0.1) is 0 Å². The molecule has 0 aliphatic rings. The van der Waals surface area contributed by atoms with Crippen LogP contribution in [0.25, 0.3) is 0 Å². The lowest BCUT2D eigenvalue weighted by Crippen LogP contribution is -2.45. The Balaban J connectivity index is 4.53. The lowest BCUT2D eigenvalue weighted by molar-refractivity contribution is -0.144. The van der Waals surface area contributed by atoms with Gasteiger partial charge >= 0.3 is 17.9 Å². The van der Waals surface area contributed by atoms with E-state index in [2.05, 4.69) is 28.2 Å². The summed E-state index contributed by atoms with van der Waals surface area (Å²) in [4.78, 5) is 83.0. The molecule has 0 rings (SSSR count). The van der Waals surface area contributed by atoms with Gasteiger partial charge in [0.05, 0.1) is 0 Å². The normalized spacial score (nSPS) is 12.8. The number of rotatable bonds is 27.